The standard InChI is InChI=1S/C16H12FN3S/c17-13-7-4-8-14(15(13)16(18)21)20-10-12(9-19-20)11-5-2-1-3-6-11/h1-10H,(H2,18,21). The van der Waals surface area contributed by atoms with Crippen molar-refractivity contribution >= 4 is 17.2 Å². The highest BCUT2D eigenvalue weighted by molar-refractivity contribution is 7.80. The molecule has 5 heteroatoms. The van der Waals surface area contributed by atoms with Crippen molar-refractivity contribution in [2.45, 2.75) is 0 Å². The minimum atomic E-state index is -0.447. The summed E-state index contributed by atoms with van der Waals surface area (Å²) in [4.78, 5) is 0.0138. The quantitative estimate of drug-likeness (QED) is 0.754. The van der Waals surface area contributed by atoms with Gasteiger partial charge in [0.25, 0.3) is 0 Å². The van der Waals surface area contributed by atoms with Crippen LogP contribution in [0.3, 0.4) is 0 Å². The van der Waals surface area contributed by atoms with Gasteiger partial charge in [-0.25, -0.2) is 9.07 Å². The van der Waals surface area contributed by atoms with Gasteiger partial charge in [0.15, 0.2) is 0 Å². The number of halogens is 1. The number of hydrogen-bond donors (Lipinski definition) is 1. The minimum absolute atomic E-state index is 0.0138. The smallest absolute Gasteiger partial charge is 0.135 e. The van der Waals surface area contributed by atoms with Gasteiger partial charge < -0.3 is 5.73 Å². The van der Waals surface area contributed by atoms with Crippen LogP contribution in [0.5, 0.6) is 0 Å². The SMILES string of the molecule is NC(=S)c1c(F)cccc1-n1cc(-c2ccccc2)cn1. The highest BCUT2D eigenvalue weighted by Gasteiger charge is 2.13. The van der Waals surface area contributed by atoms with Crippen molar-refractivity contribution in [1.82, 2.24) is 9.78 Å². The molecular weight excluding hydrogens is 285 g/mol. The molecule has 104 valence electrons. The predicted molar refractivity (Wildman–Crippen MR) is 84.8 cm³/mol. The molecule has 2 aromatic carbocycles. The summed E-state index contributed by atoms with van der Waals surface area (Å²) in [5.74, 6) is -0.447. The molecule has 0 aliphatic carbocycles. The molecule has 0 amide bonds. The van der Waals surface area contributed by atoms with Gasteiger partial charge in [0.1, 0.15) is 10.8 Å². The fraction of sp³-hybridized carbons (Fsp3) is 0. The summed E-state index contributed by atoms with van der Waals surface area (Å²) in [6.07, 6.45) is 3.55. The van der Waals surface area contributed by atoms with Gasteiger partial charge in [0, 0.05) is 11.8 Å². The minimum Gasteiger partial charge on any atom is -0.389 e. The van der Waals surface area contributed by atoms with E-state index in [1.165, 1.54) is 6.07 Å². The maximum atomic E-state index is 13.9. The van der Waals surface area contributed by atoms with Gasteiger partial charge in [-0.05, 0) is 17.7 Å². The zero-order valence-electron chi connectivity index (χ0n) is 11.0. The number of rotatable bonds is 3. The molecule has 0 spiro atoms. The monoisotopic (exact) mass is 297 g/mol. The number of benzene rings is 2. The van der Waals surface area contributed by atoms with Crippen LogP contribution in [0.4, 0.5) is 4.39 Å². The van der Waals surface area contributed by atoms with Crippen LogP contribution in [0.25, 0.3) is 16.8 Å². The highest BCUT2D eigenvalue weighted by atomic mass is 32.1. The molecule has 0 aliphatic rings. The van der Waals surface area contributed by atoms with Crippen molar-refractivity contribution in [1.29, 1.82) is 0 Å². The topological polar surface area (TPSA) is 43.8 Å². The maximum Gasteiger partial charge on any atom is 0.135 e. The Labute approximate surface area is 126 Å². The molecule has 0 unspecified atom stereocenters. The van der Waals surface area contributed by atoms with E-state index in [2.05, 4.69) is 5.10 Å². The number of nitrogens with zero attached hydrogens (tertiary/aromatic N) is 2. The van der Waals surface area contributed by atoms with Crippen molar-refractivity contribution in [3.63, 3.8) is 0 Å². The molecule has 0 radical (unpaired) electrons. The second kappa shape index (κ2) is 5.46. The van der Waals surface area contributed by atoms with Crippen LogP contribution in [0.15, 0.2) is 60.9 Å². The van der Waals surface area contributed by atoms with E-state index in [4.69, 9.17) is 18.0 Å². The average Bonchev–Trinajstić information content (AvgIpc) is 2.97. The molecule has 0 bridgehead atoms. The molecule has 3 nitrogen and oxygen atoms in total. The van der Waals surface area contributed by atoms with E-state index in [0.717, 1.165) is 11.1 Å². The van der Waals surface area contributed by atoms with Crippen molar-refractivity contribution in [2.24, 2.45) is 5.73 Å². The molecule has 0 aliphatic heterocycles. The summed E-state index contributed by atoms with van der Waals surface area (Å²) in [6.45, 7) is 0. The molecule has 0 fully saturated rings. The Morgan fingerprint density at radius 3 is 2.52 bits per heavy atom. The second-order valence-corrected chi connectivity index (χ2v) is 4.98. The molecule has 2 N–H and O–H groups in total. The van der Waals surface area contributed by atoms with Gasteiger partial charge in [-0.1, -0.05) is 48.6 Å². The zero-order chi connectivity index (χ0) is 14.8. The van der Waals surface area contributed by atoms with Gasteiger partial charge in [-0.15, -0.1) is 0 Å². The molecular formula is C16H12FN3S. The van der Waals surface area contributed by atoms with E-state index in [0.29, 0.717) is 5.69 Å². The molecule has 1 heterocycles. The molecule has 3 rings (SSSR count). The van der Waals surface area contributed by atoms with Crippen LogP contribution >= 0.6 is 12.2 Å². The van der Waals surface area contributed by atoms with E-state index in [9.17, 15) is 4.39 Å². The molecule has 3 aromatic rings. The van der Waals surface area contributed by atoms with Crippen molar-refractivity contribution in [3.8, 4) is 16.8 Å². The van der Waals surface area contributed by atoms with Crippen LogP contribution in [-0.4, -0.2) is 14.8 Å². The Morgan fingerprint density at radius 1 is 1.05 bits per heavy atom. The molecule has 0 saturated heterocycles. The third-order valence-electron chi connectivity index (χ3n) is 3.17. The first-order valence-corrected chi connectivity index (χ1v) is 6.76. The van der Waals surface area contributed by atoms with Crippen molar-refractivity contribution < 1.29 is 4.39 Å². The van der Waals surface area contributed by atoms with Gasteiger partial charge in [0.2, 0.25) is 0 Å². The third kappa shape index (κ3) is 2.55. The lowest BCUT2D eigenvalue weighted by Gasteiger charge is -2.08. The van der Waals surface area contributed by atoms with E-state index in [1.54, 1.807) is 23.0 Å². The number of hydrogen-bond acceptors (Lipinski definition) is 2. The summed E-state index contributed by atoms with van der Waals surface area (Å²) in [5, 5.41) is 4.28. The first kappa shape index (κ1) is 13.5. The van der Waals surface area contributed by atoms with Crippen LogP contribution in [0.2, 0.25) is 0 Å². The van der Waals surface area contributed by atoms with Crippen LogP contribution in [0, 0.1) is 5.82 Å². The Bertz CT molecular complexity index is 796. The van der Waals surface area contributed by atoms with E-state index >= 15 is 0 Å². The summed E-state index contributed by atoms with van der Waals surface area (Å²) in [6, 6.07) is 14.5. The van der Waals surface area contributed by atoms with E-state index in [1.807, 2.05) is 36.5 Å². The lowest BCUT2D eigenvalue weighted by Crippen LogP contribution is -2.15. The third-order valence-corrected chi connectivity index (χ3v) is 3.38. The van der Waals surface area contributed by atoms with Crippen LogP contribution in [0.1, 0.15) is 5.56 Å². The number of thiocarbonyl (C=S) groups is 1. The van der Waals surface area contributed by atoms with Gasteiger partial charge in [0.05, 0.1) is 17.4 Å². The normalized spacial score (nSPS) is 10.5. The predicted octanol–water partition coefficient (Wildman–Crippen LogP) is 3.31. The number of aromatic nitrogens is 2. The Balaban J connectivity index is 2.09. The fourth-order valence-electron chi connectivity index (χ4n) is 2.18. The van der Waals surface area contributed by atoms with E-state index in [-0.39, 0.29) is 10.6 Å². The van der Waals surface area contributed by atoms with Gasteiger partial charge >= 0.3 is 0 Å². The Hall–Kier alpha value is -2.53. The average molecular weight is 297 g/mol. The first-order valence-electron chi connectivity index (χ1n) is 6.35. The first-order chi connectivity index (χ1) is 10.2. The summed E-state index contributed by atoms with van der Waals surface area (Å²) in [5.41, 5.74) is 8.33. The van der Waals surface area contributed by atoms with Crippen molar-refractivity contribution in [3.05, 3.63) is 72.3 Å². The largest absolute Gasteiger partial charge is 0.389 e. The zero-order valence-corrected chi connectivity index (χ0v) is 11.8. The van der Waals surface area contributed by atoms with Crippen molar-refractivity contribution in [2.75, 3.05) is 0 Å². The summed E-state index contributed by atoms with van der Waals surface area (Å²) >= 11 is 4.93. The highest BCUT2D eigenvalue weighted by Crippen LogP contribution is 2.22. The van der Waals surface area contributed by atoms with Crippen LogP contribution < -0.4 is 5.73 Å². The van der Waals surface area contributed by atoms with Gasteiger partial charge in [-0.3, -0.25) is 0 Å². The fourth-order valence-corrected chi connectivity index (χ4v) is 2.38. The van der Waals surface area contributed by atoms with Gasteiger partial charge in [-0.2, -0.15) is 5.10 Å². The molecule has 1 aromatic heterocycles. The molecule has 21 heavy (non-hydrogen) atoms. The Morgan fingerprint density at radius 2 is 1.81 bits per heavy atom. The lowest BCUT2D eigenvalue weighted by molar-refractivity contribution is 0.623. The molecule has 0 saturated carbocycles. The van der Waals surface area contributed by atoms with E-state index < -0.39 is 5.82 Å². The van der Waals surface area contributed by atoms with Crippen LogP contribution in [-0.2, 0) is 0 Å². The maximum absolute atomic E-state index is 13.9. The number of nitrogens with two attached hydrogens (primary N) is 1. The molecule has 0 atom stereocenters. The summed E-state index contributed by atoms with van der Waals surface area (Å²) in [7, 11) is 0. The lowest BCUT2D eigenvalue weighted by atomic mass is 10.1. The Kier molecular flexibility index (Phi) is 3.50. The second-order valence-electron chi connectivity index (χ2n) is 4.54. The summed E-state index contributed by atoms with van der Waals surface area (Å²) < 4.78 is 15.5.